The maximum absolute atomic E-state index is 6.15. The van der Waals surface area contributed by atoms with Gasteiger partial charge in [0.05, 0.1) is 16.7 Å². The van der Waals surface area contributed by atoms with E-state index in [-0.39, 0.29) is 18.3 Å². The van der Waals surface area contributed by atoms with E-state index in [1.807, 2.05) is 17.9 Å². The first-order valence-corrected chi connectivity index (χ1v) is 7.00. The molecule has 2 aromatic rings. The number of benzene rings is 1. The summed E-state index contributed by atoms with van der Waals surface area (Å²) in [4.78, 5) is 0. The second kappa shape index (κ2) is 4.09. The molecule has 1 aromatic carbocycles. The van der Waals surface area contributed by atoms with Gasteiger partial charge in [0, 0.05) is 18.6 Å². The Morgan fingerprint density at radius 3 is 2.30 bits per heavy atom. The van der Waals surface area contributed by atoms with Crippen molar-refractivity contribution < 1.29 is 9.31 Å². The molecule has 0 N–H and O–H groups in total. The number of aromatic nitrogens is 2. The quantitative estimate of drug-likeness (QED) is 0.746. The van der Waals surface area contributed by atoms with Crippen LogP contribution < -0.4 is 5.46 Å². The molecule has 2 heterocycles. The summed E-state index contributed by atoms with van der Waals surface area (Å²) in [7, 11) is 1.60. The van der Waals surface area contributed by atoms with Crippen LogP contribution in [0.15, 0.2) is 18.3 Å². The van der Waals surface area contributed by atoms with Crippen molar-refractivity contribution >= 4 is 23.5 Å². The molecular formula is C15H21BN2O2. The van der Waals surface area contributed by atoms with E-state index >= 15 is 0 Å². The molecule has 1 saturated heterocycles. The number of rotatable bonds is 1. The molecule has 106 valence electrons. The van der Waals surface area contributed by atoms with Crippen LogP contribution >= 0.6 is 0 Å². The van der Waals surface area contributed by atoms with Crippen molar-refractivity contribution in [3.05, 3.63) is 23.9 Å². The number of hydrogen-bond donors (Lipinski definition) is 0. The summed E-state index contributed by atoms with van der Waals surface area (Å²) in [6, 6.07) is 4.16. The molecule has 1 aliphatic rings. The summed E-state index contributed by atoms with van der Waals surface area (Å²) in [5, 5.41) is 5.63. The zero-order chi connectivity index (χ0) is 14.7. The van der Waals surface area contributed by atoms with Crippen LogP contribution in [0.25, 0.3) is 10.9 Å². The summed E-state index contributed by atoms with van der Waals surface area (Å²) < 4.78 is 14.1. The van der Waals surface area contributed by atoms with Crippen molar-refractivity contribution in [2.45, 2.75) is 45.8 Å². The van der Waals surface area contributed by atoms with Gasteiger partial charge in [0.15, 0.2) is 0 Å². The molecule has 0 atom stereocenters. The standard InChI is InChI=1S/C15H21BN2O2/c1-10-7-8-12(11-9-18(6)17-13(10)11)16-19-14(2,3)15(4,5)20-16/h7-9H,1-6H3. The summed E-state index contributed by atoms with van der Waals surface area (Å²) in [6.45, 7) is 10.4. The van der Waals surface area contributed by atoms with E-state index < -0.39 is 0 Å². The van der Waals surface area contributed by atoms with Crippen LogP contribution in [0.3, 0.4) is 0 Å². The van der Waals surface area contributed by atoms with Crippen LogP contribution in [0.2, 0.25) is 0 Å². The third kappa shape index (κ3) is 1.88. The molecule has 1 aromatic heterocycles. The minimum atomic E-state index is -0.340. The van der Waals surface area contributed by atoms with Crippen LogP contribution in [0.5, 0.6) is 0 Å². The zero-order valence-electron chi connectivity index (χ0n) is 13.0. The van der Waals surface area contributed by atoms with Gasteiger partial charge in [0.2, 0.25) is 0 Å². The third-order valence-corrected chi connectivity index (χ3v) is 4.53. The first-order chi connectivity index (χ1) is 9.21. The molecule has 0 amide bonds. The fourth-order valence-corrected chi connectivity index (χ4v) is 2.55. The molecule has 4 nitrogen and oxygen atoms in total. The van der Waals surface area contributed by atoms with Gasteiger partial charge in [-0.15, -0.1) is 0 Å². The molecular weight excluding hydrogens is 251 g/mol. The lowest BCUT2D eigenvalue weighted by Crippen LogP contribution is -2.41. The van der Waals surface area contributed by atoms with Crippen LogP contribution in [0.4, 0.5) is 0 Å². The van der Waals surface area contributed by atoms with Crippen LogP contribution in [-0.2, 0) is 16.4 Å². The van der Waals surface area contributed by atoms with Crippen molar-refractivity contribution in [1.82, 2.24) is 9.78 Å². The second-order valence-corrected chi connectivity index (χ2v) is 6.62. The lowest BCUT2D eigenvalue weighted by atomic mass is 9.76. The average Bonchev–Trinajstić information content (AvgIpc) is 2.78. The van der Waals surface area contributed by atoms with Crippen molar-refractivity contribution in [2.75, 3.05) is 0 Å². The highest BCUT2D eigenvalue weighted by Crippen LogP contribution is 2.37. The van der Waals surface area contributed by atoms with Gasteiger partial charge in [-0.2, -0.15) is 5.10 Å². The Labute approximate surface area is 120 Å². The third-order valence-electron chi connectivity index (χ3n) is 4.53. The van der Waals surface area contributed by atoms with Gasteiger partial charge < -0.3 is 9.31 Å². The smallest absolute Gasteiger partial charge is 0.399 e. The van der Waals surface area contributed by atoms with E-state index in [4.69, 9.17) is 9.31 Å². The minimum absolute atomic E-state index is 0.322. The average molecular weight is 272 g/mol. The Hall–Kier alpha value is -1.33. The molecule has 0 unspecified atom stereocenters. The Balaban J connectivity index is 2.11. The normalized spacial score (nSPS) is 20.8. The van der Waals surface area contributed by atoms with Crippen molar-refractivity contribution in [2.24, 2.45) is 7.05 Å². The van der Waals surface area contributed by atoms with Crippen LogP contribution in [0.1, 0.15) is 33.3 Å². The SMILES string of the molecule is Cc1ccc(B2OC(C)(C)C(C)(C)O2)c2cn(C)nc12. The Morgan fingerprint density at radius 1 is 1.10 bits per heavy atom. The zero-order valence-corrected chi connectivity index (χ0v) is 13.0. The van der Waals surface area contributed by atoms with E-state index in [0.29, 0.717) is 0 Å². The predicted octanol–water partition coefficient (Wildman–Crippen LogP) is 2.18. The Kier molecular flexibility index (Phi) is 2.79. The Morgan fingerprint density at radius 2 is 1.70 bits per heavy atom. The number of hydrogen-bond acceptors (Lipinski definition) is 3. The summed E-state index contributed by atoms with van der Waals surface area (Å²) in [5.74, 6) is 0. The van der Waals surface area contributed by atoms with Gasteiger partial charge in [-0.3, -0.25) is 4.68 Å². The van der Waals surface area contributed by atoms with Crippen molar-refractivity contribution in [3.8, 4) is 0 Å². The number of aryl methyl sites for hydroxylation is 2. The monoisotopic (exact) mass is 272 g/mol. The second-order valence-electron chi connectivity index (χ2n) is 6.62. The van der Waals surface area contributed by atoms with Gasteiger partial charge in [-0.05, 0) is 45.6 Å². The molecule has 0 aliphatic carbocycles. The minimum Gasteiger partial charge on any atom is -0.399 e. The van der Waals surface area contributed by atoms with Gasteiger partial charge in [-0.25, -0.2) is 0 Å². The maximum atomic E-state index is 6.15. The van der Waals surface area contributed by atoms with E-state index in [9.17, 15) is 0 Å². The van der Waals surface area contributed by atoms with E-state index in [1.54, 1.807) is 0 Å². The topological polar surface area (TPSA) is 36.3 Å². The van der Waals surface area contributed by atoms with Gasteiger partial charge >= 0.3 is 7.12 Å². The maximum Gasteiger partial charge on any atom is 0.495 e. The molecule has 0 spiro atoms. The number of fused-ring (bicyclic) bond motifs is 1. The van der Waals surface area contributed by atoms with Crippen molar-refractivity contribution in [3.63, 3.8) is 0 Å². The molecule has 1 aliphatic heterocycles. The molecule has 0 saturated carbocycles. The van der Waals surface area contributed by atoms with Crippen LogP contribution in [-0.4, -0.2) is 28.1 Å². The highest BCUT2D eigenvalue weighted by atomic mass is 16.7. The van der Waals surface area contributed by atoms with Gasteiger partial charge in [0.25, 0.3) is 0 Å². The fourth-order valence-electron chi connectivity index (χ4n) is 2.55. The van der Waals surface area contributed by atoms with E-state index in [0.717, 1.165) is 16.4 Å². The lowest BCUT2D eigenvalue weighted by Gasteiger charge is -2.32. The molecule has 20 heavy (non-hydrogen) atoms. The molecule has 0 radical (unpaired) electrons. The van der Waals surface area contributed by atoms with E-state index in [1.165, 1.54) is 5.56 Å². The highest BCUT2D eigenvalue weighted by Gasteiger charge is 2.52. The van der Waals surface area contributed by atoms with Crippen LogP contribution in [0, 0.1) is 6.92 Å². The molecule has 5 heteroatoms. The molecule has 1 fully saturated rings. The lowest BCUT2D eigenvalue weighted by molar-refractivity contribution is 0.00578. The summed E-state index contributed by atoms with van der Waals surface area (Å²) in [5.41, 5.74) is 2.59. The van der Waals surface area contributed by atoms with Gasteiger partial charge in [-0.1, -0.05) is 12.1 Å². The van der Waals surface area contributed by atoms with Gasteiger partial charge in [0.1, 0.15) is 0 Å². The first kappa shape index (κ1) is 13.6. The Bertz CT molecular complexity index is 660. The predicted molar refractivity (Wildman–Crippen MR) is 81.2 cm³/mol. The van der Waals surface area contributed by atoms with E-state index in [2.05, 4.69) is 51.9 Å². The highest BCUT2D eigenvalue weighted by molar-refractivity contribution is 6.65. The molecule has 0 bridgehead atoms. The fraction of sp³-hybridized carbons (Fsp3) is 0.533. The summed E-state index contributed by atoms with van der Waals surface area (Å²) in [6.07, 6.45) is 2.03. The largest absolute Gasteiger partial charge is 0.495 e. The molecule has 3 rings (SSSR count). The number of nitrogens with zero attached hydrogens (tertiary/aromatic N) is 2. The van der Waals surface area contributed by atoms with Crippen molar-refractivity contribution in [1.29, 1.82) is 0 Å². The first-order valence-electron chi connectivity index (χ1n) is 7.00. The summed E-state index contributed by atoms with van der Waals surface area (Å²) >= 11 is 0.